The van der Waals surface area contributed by atoms with Crippen LogP contribution in [0.2, 0.25) is 10.0 Å². The van der Waals surface area contributed by atoms with Crippen LogP contribution in [-0.4, -0.2) is 22.1 Å². The van der Waals surface area contributed by atoms with Gasteiger partial charge in [0, 0.05) is 15.6 Å². The van der Waals surface area contributed by atoms with Gasteiger partial charge in [0.15, 0.2) is 0 Å². The molecule has 0 aliphatic carbocycles. The molecule has 0 saturated carbocycles. The second kappa shape index (κ2) is 6.61. The molecule has 1 atom stereocenters. The van der Waals surface area contributed by atoms with Crippen LogP contribution in [0, 0.1) is 0 Å². The van der Waals surface area contributed by atoms with Crippen molar-refractivity contribution in [3.05, 3.63) is 34.1 Å². The van der Waals surface area contributed by atoms with E-state index < -0.39 is 0 Å². The van der Waals surface area contributed by atoms with Gasteiger partial charge in [-0.25, -0.2) is 0 Å². The number of nitrogens with two attached hydrogens (primary N) is 1. The Bertz CT molecular complexity index is 541. The molecule has 0 saturated heterocycles. The standard InChI is InChI=1S/C12H13Cl2N3OS/c1-19-3-2-10(15)12-16-11(17-18-12)7-4-8(13)6-9(14)5-7/h4-6,10H,2-3,15H2,1H3/t10-/m1/s1. The number of hydrogen-bond acceptors (Lipinski definition) is 5. The van der Waals surface area contributed by atoms with E-state index in [1.54, 1.807) is 30.0 Å². The first-order valence-electron chi connectivity index (χ1n) is 5.64. The number of benzene rings is 1. The molecule has 4 nitrogen and oxygen atoms in total. The molecule has 0 unspecified atom stereocenters. The summed E-state index contributed by atoms with van der Waals surface area (Å²) in [5, 5.41) is 4.96. The average Bonchev–Trinajstić information content (AvgIpc) is 2.84. The topological polar surface area (TPSA) is 64.9 Å². The van der Waals surface area contributed by atoms with Crippen LogP contribution in [0.1, 0.15) is 18.4 Å². The van der Waals surface area contributed by atoms with Crippen molar-refractivity contribution >= 4 is 35.0 Å². The van der Waals surface area contributed by atoms with Crippen molar-refractivity contribution < 1.29 is 4.52 Å². The highest BCUT2D eigenvalue weighted by molar-refractivity contribution is 7.98. The van der Waals surface area contributed by atoms with Gasteiger partial charge in [0.05, 0.1) is 6.04 Å². The van der Waals surface area contributed by atoms with E-state index in [0.717, 1.165) is 12.2 Å². The molecule has 1 aromatic carbocycles. The number of nitrogens with zero attached hydrogens (tertiary/aromatic N) is 2. The van der Waals surface area contributed by atoms with Crippen molar-refractivity contribution in [3.63, 3.8) is 0 Å². The minimum Gasteiger partial charge on any atom is -0.337 e. The Balaban J connectivity index is 2.20. The summed E-state index contributed by atoms with van der Waals surface area (Å²) in [6.07, 6.45) is 2.82. The Labute approximate surface area is 125 Å². The maximum atomic E-state index is 5.97. The molecule has 0 spiro atoms. The summed E-state index contributed by atoms with van der Waals surface area (Å²) in [7, 11) is 0. The molecule has 19 heavy (non-hydrogen) atoms. The minimum atomic E-state index is -0.247. The highest BCUT2D eigenvalue weighted by atomic mass is 35.5. The quantitative estimate of drug-likeness (QED) is 0.908. The zero-order chi connectivity index (χ0) is 13.8. The lowest BCUT2D eigenvalue weighted by Crippen LogP contribution is -2.11. The summed E-state index contributed by atoms with van der Waals surface area (Å²) < 4.78 is 5.18. The first-order valence-corrected chi connectivity index (χ1v) is 7.79. The molecule has 2 N–H and O–H groups in total. The van der Waals surface area contributed by atoms with Gasteiger partial charge in [-0.1, -0.05) is 28.4 Å². The molecule has 2 rings (SSSR count). The van der Waals surface area contributed by atoms with Gasteiger partial charge < -0.3 is 10.3 Å². The summed E-state index contributed by atoms with van der Waals surface area (Å²) in [5.74, 6) is 1.82. The molecule has 0 amide bonds. The van der Waals surface area contributed by atoms with Crippen molar-refractivity contribution in [2.75, 3.05) is 12.0 Å². The van der Waals surface area contributed by atoms with Gasteiger partial charge in [0.2, 0.25) is 11.7 Å². The van der Waals surface area contributed by atoms with E-state index in [0.29, 0.717) is 27.3 Å². The van der Waals surface area contributed by atoms with E-state index in [4.69, 9.17) is 33.5 Å². The number of halogens is 2. The third kappa shape index (κ3) is 3.86. The Kier molecular flexibility index (Phi) is 5.10. The monoisotopic (exact) mass is 317 g/mol. The third-order valence-electron chi connectivity index (χ3n) is 2.51. The predicted molar refractivity (Wildman–Crippen MR) is 79.7 cm³/mol. The summed E-state index contributed by atoms with van der Waals surface area (Å²) in [4.78, 5) is 4.29. The number of hydrogen-bond donors (Lipinski definition) is 1. The molecular weight excluding hydrogens is 305 g/mol. The van der Waals surface area contributed by atoms with Gasteiger partial charge in [-0.2, -0.15) is 16.7 Å². The van der Waals surface area contributed by atoms with E-state index >= 15 is 0 Å². The molecule has 1 heterocycles. The van der Waals surface area contributed by atoms with E-state index in [1.165, 1.54) is 0 Å². The SMILES string of the molecule is CSCC[C@@H](N)c1nc(-c2cc(Cl)cc(Cl)c2)no1. The van der Waals surface area contributed by atoms with E-state index in [9.17, 15) is 0 Å². The maximum Gasteiger partial charge on any atom is 0.243 e. The number of rotatable bonds is 5. The zero-order valence-corrected chi connectivity index (χ0v) is 12.6. The first kappa shape index (κ1) is 14.7. The molecule has 7 heteroatoms. The molecule has 0 fully saturated rings. The highest BCUT2D eigenvalue weighted by Gasteiger charge is 2.15. The van der Waals surface area contributed by atoms with Gasteiger partial charge in [0.1, 0.15) is 0 Å². The van der Waals surface area contributed by atoms with Gasteiger partial charge >= 0.3 is 0 Å². The Morgan fingerprint density at radius 2 is 2.00 bits per heavy atom. The zero-order valence-electron chi connectivity index (χ0n) is 10.3. The number of aromatic nitrogens is 2. The van der Waals surface area contributed by atoms with Crippen LogP contribution in [0.5, 0.6) is 0 Å². The Hall–Kier alpha value is -0.750. The minimum absolute atomic E-state index is 0.247. The van der Waals surface area contributed by atoms with Gasteiger partial charge in [-0.3, -0.25) is 0 Å². The van der Waals surface area contributed by atoms with Crippen LogP contribution < -0.4 is 5.73 Å². The van der Waals surface area contributed by atoms with Crippen LogP contribution in [-0.2, 0) is 0 Å². The van der Waals surface area contributed by atoms with Crippen LogP contribution in [0.3, 0.4) is 0 Å². The second-order valence-corrected chi connectivity index (χ2v) is 5.86. The van der Waals surface area contributed by atoms with Gasteiger partial charge in [0.25, 0.3) is 0 Å². The van der Waals surface area contributed by atoms with E-state index in [-0.39, 0.29) is 6.04 Å². The maximum absolute atomic E-state index is 5.97. The second-order valence-electron chi connectivity index (χ2n) is 4.00. The average molecular weight is 318 g/mol. The summed E-state index contributed by atoms with van der Waals surface area (Å²) in [6, 6.07) is 4.87. The van der Waals surface area contributed by atoms with Crippen LogP contribution in [0.25, 0.3) is 11.4 Å². The lowest BCUT2D eigenvalue weighted by molar-refractivity contribution is 0.353. The van der Waals surface area contributed by atoms with Gasteiger partial charge in [-0.05, 0) is 36.6 Å². The van der Waals surface area contributed by atoms with Crippen molar-refractivity contribution in [3.8, 4) is 11.4 Å². The molecule has 0 aliphatic heterocycles. The molecular formula is C12H13Cl2N3OS. The van der Waals surface area contributed by atoms with Crippen LogP contribution in [0.4, 0.5) is 0 Å². The Morgan fingerprint density at radius 3 is 2.63 bits per heavy atom. The van der Waals surface area contributed by atoms with Crippen LogP contribution >= 0.6 is 35.0 Å². The fourth-order valence-corrected chi connectivity index (χ4v) is 2.57. The van der Waals surface area contributed by atoms with Gasteiger partial charge in [-0.15, -0.1) is 0 Å². The molecule has 0 aliphatic rings. The molecule has 2 aromatic rings. The molecule has 0 radical (unpaired) electrons. The highest BCUT2D eigenvalue weighted by Crippen LogP contribution is 2.26. The predicted octanol–water partition coefficient (Wildman–Crippen LogP) is 3.80. The molecule has 102 valence electrons. The van der Waals surface area contributed by atoms with Crippen molar-refractivity contribution in [1.29, 1.82) is 0 Å². The summed E-state index contributed by atoms with van der Waals surface area (Å²) in [6.45, 7) is 0. The summed E-state index contributed by atoms with van der Waals surface area (Å²) >= 11 is 13.6. The number of thioether (sulfide) groups is 1. The lowest BCUT2D eigenvalue weighted by Gasteiger charge is -2.03. The third-order valence-corrected chi connectivity index (χ3v) is 3.59. The van der Waals surface area contributed by atoms with Crippen molar-refractivity contribution in [2.45, 2.75) is 12.5 Å². The first-order chi connectivity index (χ1) is 9.10. The van der Waals surface area contributed by atoms with Crippen molar-refractivity contribution in [2.24, 2.45) is 5.73 Å². The molecule has 1 aromatic heterocycles. The lowest BCUT2D eigenvalue weighted by atomic mass is 10.2. The van der Waals surface area contributed by atoms with E-state index in [1.807, 2.05) is 6.26 Å². The normalized spacial score (nSPS) is 12.6. The van der Waals surface area contributed by atoms with Crippen molar-refractivity contribution in [1.82, 2.24) is 10.1 Å². The van der Waals surface area contributed by atoms with E-state index in [2.05, 4.69) is 10.1 Å². The molecule has 0 bridgehead atoms. The Morgan fingerprint density at radius 1 is 1.32 bits per heavy atom. The fourth-order valence-electron chi connectivity index (χ4n) is 1.55. The fraction of sp³-hybridized carbons (Fsp3) is 0.333. The largest absolute Gasteiger partial charge is 0.337 e. The summed E-state index contributed by atoms with van der Waals surface area (Å²) in [5.41, 5.74) is 6.68. The van der Waals surface area contributed by atoms with Crippen LogP contribution in [0.15, 0.2) is 22.7 Å². The smallest absolute Gasteiger partial charge is 0.243 e.